The Morgan fingerprint density at radius 1 is 1.17 bits per heavy atom. The van der Waals surface area contributed by atoms with Gasteiger partial charge in [-0.25, -0.2) is 4.98 Å². The van der Waals surface area contributed by atoms with Crippen molar-refractivity contribution in [1.29, 1.82) is 0 Å². The lowest BCUT2D eigenvalue weighted by Gasteiger charge is -2.02. The zero-order valence-corrected chi connectivity index (χ0v) is 10.2. The lowest BCUT2D eigenvalue weighted by atomic mass is 10.4. The van der Waals surface area contributed by atoms with E-state index in [4.69, 9.17) is 11.6 Å². The van der Waals surface area contributed by atoms with Gasteiger partial charge in [0.2, 0.25) is 11.2 Å². The van der Waals surface area contributed by atoms with Gasteiger partial charge in [-0.2, -0.15) is 20.1 Å². The maximum Gasteiger partial charge on any atom is 0.239 e. The first-order valence-corrected chi connectivity index (χ1v) is 5.50. The highest BCUT2D eigenvalue weighted by atomic mass is 35.5. The third-order valence-electron chi connectivity index (χ3n) is 2.27. The molecule has 90 valence electrons. The fourth-order valence-corrected chi connectivity index (χ4v) is 1.64. The molecular weight excluding hydrogens is 254 g/mol. The first-order valence-electron chi connectivity index (χ1n) is 5.12. The van der Waals surface area contributed by atoms with Crippen LogP contribution < -0.4 is 0 Å². The first-order chi connectivity index (χ1) is 8.72. The van der Waals surface area contributed by atoms with Gasteiger partial charge in [-0.15, -0.1) is 0 Å². The predicted octanol–water partition coefficient (Wildman–Crippen LogP) is 1.11. The van der Waals surface area contributed by atoms with Crippen LogP contribution in [0, 0.1) is 0 Å². The number of aromatic nitrogens is 7. The molecule has 8 heteroatoms. The van der Waals surface area contributed by atoms with E-state index in [1.54, 1.807) is 28.0 Å². The minimum absolute atomic E-state index is 0.120. The molecule has 0 saturated heterocycles. The summed E-state index contributed by atoms with van der Waals surface area (Å²) in [5, 5.41) is 4.34. The van der Waals surface area contributed by atoms with Gasteiger partial charge in [-0.1, -0.05) is 0 Å². The van der Waals surface area contributed by atoms with Gasteiger partial charge < -0.3 is 0 Å². The van der Waals surface area contributed by atoms with E-state index in [1.807, 2.05) is 19.3 Å². The van der Waals surface area contributed by atoms with Crippen molar-refractivity contribution in [1.82, 2.24) is 34.3 Å². The van der Waals surface area contributed by atoms with Crippen molar-refractivity contribution in [2.24, 2.45) is 7.05 Å². The quantitative estimate of drug-likeness (QED) is 0.691. The summed E-state index contributed by atoms with van der Waals surface area (Å²) in [4.78, 5) is 16.3. The Morgan fingerprint density at radius 3 is 2.72 bits per heavy atom. The van der Waals surface area contributed by atoms with Crippen LogP contribution >= 0.6 is 11.6 Å². The van der Waals surface area contributed by atoms with Crippen LogP contribution in [-0.2, 0) is 7.05 Å². The largest absolute Gasteiger partial charge is 0.275 e. The molecule has 3 aromatic rings. The molecule has 7 nitrogen and oxygen atoms in total. The summed E-state index contributed by atoms with van der Waals surface area (Å²) in [6, 6.07) is 1.81. The predicted molar refractivity (Wildman–Crippen MR) is 64.2 cm³/mol. The summed E-state index contributed by atoms with van der Waals surface area (Å²) in [6.45, 7) is 0. The molecule has 0 bridgehead atoms. The minimum Gasteiger partial charge on any atom is -0.275 e. The number of rotatable bonds is 2. The summed E-state index contributed by atoms with van der Waals surface area (Å²) in [5.41, 5.74) is 0.642. The van der Waals surface area contributed by atoms with E-state index < -0.39 is 0 Å². The Kier molecular flexibility index (Phi) is 2.52. The average molecular weight is 262 g/mol. The van der Waals surface area contributed by atoms with E-state index in [9.17, 15) is 0 Å². The standard InChI is InChI=1S/C10H8ClN7/c1-17-4-2-7(16-17)8-13-9(11)15-10(14-8)18-5-3-12-6-18/h2-6H,1H3. The van der Waals surface area contributed by atoms with E-state index in [-0.39, 0.29) is 5.28 Å². The van der Waals surface area contributed by atoms with Crippen LogP contribution in [0.3, 0.4) is 0 Å². The van der Waals surface area contributed by atoms with Crippen LogP contribution in [0.2, 0.25) is 5.28 Å². The van der Waals surface area contributed by atoms with E-state index in [0.29, 0.717) is 17.5 Å². The van der Waals surface area contributed by atoms with Crippen LogP contribution in [0.15, 0.2) is 31.0 Å². The molecule has 0 unspecified atom stereocenters. The van der Waals surface area contributed by atoms with Gasteiger partial charge in [0, 0.05) is 25.6 Å². The zero-order chi connectivity index (χ0) is 12.5. The fraction of sp³-hybridized carbons (Fsp3) is 0.100. The molecule has 0 aliphatic rings. The van der Waals surface area contributed by atoms with Crippen molar-refractivity contribution in [3.8, 4) is 17.5 Å². The highest BCUT2D eigenvalue weighted by Gasteiger charge is 2.10. The molecule has 0 aromatic carbocycles. The number of halogens is 1. The fourth-order valence-electron chi connectivity index (χ4n) is 1.48. The average Bonchev–Trinajstić information content (AvgIpc) is 2.98. The van der Waals surface area contributed by atoms with Crippen LogP contribution in [0.5, 0.6) is 0 Å². The summed E-state index contributed by atoms with van der Waals surface area (Å²) in [5.74, 6) is 0.840. The SMILES string of the molecule is Cn1ccc(-c2nc(Cl)nc(-n3ccnc3)n2)n1. The number of hydrogen-bond acceptors (Lipinski definition) is 5. The van der Waals surface area contributed by atoms with E-state index in [2.05, 4.69) is 25.0 Å². The second-order valence-electron chi connectivity index (χ2n) is 3.57. The maximum atomic E-state index is 5.89. The molecule has 0 atom stereocenters. The molecule has 18 heavy (non-hydrogen) atoms. The van der Waals surface area contributed by atoms with Crippen molar-refractivity contribution < 1.29 is 0 Å². The van der Waals surface area contributed by atoms with Gasteiger partial charge in [-0.05, 0) is 17.7 Å². The Bertz CT molecular complexity index is 673. The highest BCUT2D eigenvalue weighted by Crippen LogP contribution is 2.15. The molecule has 0 spiro atoms. The van der Waals surface area contributed by atoms with Gasteiger partial charge >= 0.3 is 0 Å². The van der Waals surface area contributed by atoms with Crippen LogP contribution in [0.4, 0.5) is 0 Å². The van der Waals surface area contributed by atoms with Crippen LogP contribution in [-0.4, -0.2) is 34.3 Å². The summed E-state index contributed by atoms with van der Waals surface area (Å²) >= 11 is 5.89. The molecule has 0 N–H and O–H groups in total. The lowest BCUT2D eigenvalue weighted by molar-refractivity contribution is 0.767. The molecule has 3 heterocycles. The molecule has 0 aliphatic carbocycles. The van der Waals surface area contributed by atoms with Gasteiger partial charge in [0.15, 0.2) is 5.82 Å². The summed E-state index contributed by atoms with van der Waals surface area (Å²) < 4.78 is 3.32. The van der Waals surface area contributed by atoms with Crippen molar-refractivity contribution in [3.05, 3.63) is 36.3 Å². The Morgan fingerprint density at radius 2 is 2.06 bits per heavy atom. The molecule has 0 aliphatic heterocycles. The molecule has 0 amide bonds. The van der Waals surface area contributed by atoms with Gasteiger partial charge in [0.1, 0.15) is 12.0 Å². The van der Waals surface area contributed by atoms with Crippen molar-refractivity contribution in [2.45, 2.75) is 0 Å². The van der Waals surface area contributed by atoms with Crippen molar-refractivity contribution in [2.75, 3.05) is 0 Å². The molecule has 0 radical (unpaired) electrons. The third-order valence-corrected chi connectivity index (χ3v) is 2.44. The zero-order valence-electron chi connectivity index (χ0n) is 9.40. The monoisotopic (exact) mass is 261 g/mol. The summed E-state index contributed by atoms with van der Waals surface area (Å²) in [6.07, 6.45) is 6.77. The second-order valence-corrected chi connectivity index (χ2v) is 3.91. The number of hydrogen-bond donors (Lipinski definition) is 0. The Hall–Kier alpha value is -2.28. The van der Waals surface area contributed by atoms with Gasteiger partial charge in [0.25, 0.3) is 0 Å². The number of nitrogens with zero attached hydrogens (tertiary/aromatic N) is 7. The van der Waals surface area contributed by atoms with E-state index >= 15 is 0 Å². The minimum atomic E-state index is 0.120. The Balaban J connectivity index is 2.11. The third kappa shape index (κ3) is 1.95. The first kappa shape index (κ1) is 10.8. The number of imidazole rings is 1. The smallest absolute Gasteiger partial charge is 0.239 e. The van der Waals surface area contributed by atoms with Gasteiger partial charge in [-0.3, -0.25) is 9.25 Å². The maximum absolute atomic E-state index is 5.89. The normalized spacial score (nSPS) is 10.8. The molecule has 3 rings (SSSR count). The summed E-state index contributed by atoms with van der Waals surface area (Å²) in [7, 11) is 1.82. The second kappa shape index (κ2) is 4.19. The Labute approximate surface area is 107 Å². The number of aryl methyl sites for hydroxylation is 1. The molecule has 0 saturated carbocycles. The topological polar surface area (TPSA) is 74.3 Å². The lowest BCUT2D eigenvalue weighted by Crippen LogP contribution is -2.03. The van der Waals surface area contributed by atoms with Crippen LogP contribution in [0.1, 0.15) is 0 Å². The van der Waals surface area contributed by atoms with E-state index in [0.717, 1.165) is 0 Å². The van der Waals surface area contributed by atoms with E-state index in [1.165, 1.54) is 0 Å². The van der Waals surface area contributed by atoms with Crippen molar-refractivity contribution in [3.63, 3.8) is 0 Å². The molecule has 0 fully saturated rings. The molecule has 3 aromatic heterocycles. The van der Waals surface area contributed by atoms with Gasteiger partial charge in [0.05, 0.1) is 0 Å². The molecular formula is C10H8ClN7. The van der Waals surface area contributed by atoms with Crippen LogP contribution in [0.25, 0.3) is 17.5 Å². The van der Waals surface area contributed by atoms with Crippen molar-refractivity contribution >= 4 is 11.6 Å². The highest BCUT2D eigenvalue weighted by molar-refractivity contribution is 6.28.